The van der Waals surface area contributed by atoms with Gasteiger partial charge in [0, 0.05) is 12.0 Å². The summed E-state index contributed by atoms with van der Waals surface area (Å²) in [4.78, 5) is 11.7. The van der Waals surface area contributed by atoms with Gasteiger partial charge in [-0.2, -0.15) is 0 Å². The van der Waals surface area contributed by atoms with E-state index in [2.05, 4.69) is 18.6 Å². The molecule has 0 unspecified atom stereocenters. The van der Waals surface area contributed by atoms with Crippen molar-refractivity contribution in [1.82, 2.24) is 0 Å². The van der Waals surface area contributed by atoms with E-state index in [9.17, 15) is 13.6 Å². The zero-order valence-electron chi connectivity index (χ0n) is 10.7. The first-order valence-corrected chi connectivity index (χ1v) is 5.99. The van der Waals surface area contributed by atoms with E-state index in [1.807, 2.05) is 12.1 Å². The molecule has 0 aromatic heterocycles. The molecule has 0 amide bonds. The predicted octanol–water partition coefficient (Wildman–Crippen LogP) is 3.66. The molecule has 0 spiro atoms. The van der Waals surface area contributed by atoms with Gasteiger partial charge in [0.2, 0.25) is 0 Å². The average molecular weight is 256 g/mol. The molecule has 100 valence electrons. The summed E-state index contributed by atoms with van der Waals surface area (Å²) in [5.74, 6) is 0.336. The molecule has 4 heteroatoms. The number of alkyl halides is 2. The van der Waals surface area contributed by atoms with Crippen molar-refractivity contribution in [2.75, 3.05) is 13.2 Å². The van der Waals surface area contributed by atoms with Crippen LogP contribution < -0.4 is 0 Å². The van der Waals surface area contributed by atoms with Crippen molar-refractivity contribution in [3.8, 4) is 0 Å². The summed E-state index contributed by atoms with van der Waals surface area (Å²) in [6.45, 7) is 3.58. The molecule has 0 bridgehead atoms. The molecule has 0 aliphatic rings. The van der Waals surface area contributed by atoms with Gasteiger partial charge in [-0.1, -0.05) is 38.1 Å². The van der Waals surface area contributed by atoms with Gasteiger partial charge in [-0.05, 0) is 11.5 Å². The van der Waals surface area contributed by atoms with Gasteiger partial charge in [0.05, 0.1) is 6.61 Å². The molecular formula is C14H18F2O2. The first kappa shape index (κ1) is 14.8. The number of halogens is 2. The van der Waals surface area contributed by atoms with E-state index in [1.54, 1.807) is 12.1 Å². The second-order valence-electron chi connectivity index (χ2n) is 4.42. The number of carbonyl (C=O) groups excluding carboxylic acids is 1. The molecule has 18 heavy (non-hydrogen) atoms. The smallest absolute Gasteiger partial charge is 0.261 e. The van der Waals surface area contributed by atoms with Gasteiger partial charge in [0.1, 0.15) is 6.61 Å². The molecule has 2 nitrogen and oxygen atoms in total. The van der Waals surface area contributed by atoms with Crippen LogP contribution in [0.5, 0.6) is 0 Å². The summed E-state index contributed by atoms with van der Waals surface area (Å²) >= 11 is 0. The van der Waals surface area contributed by atoms with Crippen molar-refractivity contribution in [2.24, 2.45) is 0 Å². The molecular weight excluding hydrogens is 238 g/mol. The Balaban J connectivity index is 2.42. The van der Waals surface area contributed by atoms with Crippen LogP contribution in [-0.2, 0) is 4.74 Å². The van der Waals surface area contributed by atoms with Crippen LogP contribution in [-0.4, -0.2) is 25.4 Å². The largest absolute Gasteiger partial charge is 0.375 e. The lowest BCUT2D eigenvalue weighted by Crippen LogP contribution is -2.09. The van der Waals surface area contributed by atoms with Gasteiger partial charge in [-0.25, -0.2) is 8.78 Å². The summed E-state index contributed by atoms with van der Waals surface area (Å²) in [5.41, 5.74) is 1.76. The third-order valence-corrected chi connectivity index (χ3v) is 2.62. The Kier molecular flexibility index (Phi) is 5.92. The summed E-state index contributed by atoms with van der Waals surface area (Å²) in [6, 6.07) is 7.37. The summed E-state index contributed by atoms with van der Waals surface area (Å²) in [5, 5.41) is 0. The lowest BCUT2D eigenvalue weighted by molar-refractivity contribution is 0.0170. The van der Waals surface area contributed by atoms with Gasteiger partial charge in [0.25, 0.3) is 6.43 Å². The molecule has 0 N–H and O–H groups in total. The van der Waals surface area contributed by atoms with E-state index in [0.717, 1.165) is 0 Å². The van der Waals surface area contributed by atoms with Gasteiger partial charge in [-0.3, -0.25) is 4.79 Å². The molecule has 1 aromatic rings. The van der Waals surface area contributed by atoms with Crippen molar-refractivity contribution in [3.05, 3.63) is 35.4 Å². The Hall–Kier alpha value is -1.29. The normalized spacial score (nSPS) is 11.2. The fraction of sp³-hybridized carbons (Fsp3) is 0.500. The van der Waals surface area contributed by atoms with Crippen LogP contribution in [0, 0.1) is 0 Å². The van der Waals surface area contributed by atoms with Crippen molar-refractivity contribution < 1.29 is 18.3 Å². The average Bonchev–Trinajstić information content (AvgIpc) is 2.34. The van der Waals surface area contributed by atoms with Crippen LogP contribution in [0.25, 0.3) is 0 Å². The van der Waals surface area contributed by atoms with Crippen LogP contribution >= 0.6 is 0 Å². The maximum atomic E-state index is 11.8. The summed E-state index contributed by atoms with van der Waals surface area (Å²) in [6.07, 6.45) is -2.35. The number of ether oxygens (including phenoxy) is 1. The highest BCUT2D eigenvalue weighted by molar-refractivity contribution is 5.96. The number of benzene rings is 1. The van der Waals surface area contributed by atoms with Crippen LogP contribution in [0.3, 0.4) is 0 Å². The van der Waals surface area contributed by atoms with Crippen molar-refractivity contribution in [3.63, 3.8) is 0 Å². The van der Waals surface area contributed by atoms with Crippen molar-refractivity contribution >= 4 is 5.78 Å². The fourth-order valence-electron chi connectivity index (χ4n) is 1.54. The summed E-state index contributed by atoms with van der Waals surface area (Å²) < 4.78 is 28.3. The minimum atomic E-state index is -2.48. The molecule has 0 aliphatic carbocycles. The highest BCUT2D eigenvalue weighted by atomic mass is 19.3. The standard InChI is InChI=1S/C14H18F2O2/c1-10(2)11-3-5-12(6-4-11)13(17)7-8-18-9-14(15)16/h3-6,10,14H,7-9H2,1-2H3. The maximum absolute atomic E-state index is 11.8. The van der Waals surface area contributed by atoms with E-state index >= 15 is 0 Å². The van der Waals surface area contributed by atoms with E-state index in [1.165, 1.54) is 5.56 Å². The highest BCUT2D eigenvalue weighted by Crippen LogP contribution is 2.15. The molecule has 0 aliphatic heterocycles. The number of ketones is 1. The first-order chi connectivity index (χ1) is 8.50. The van der Waals surface area contributed by atoms with Crippen molar-refractivity contribution in [1.29, 1.82) is 0 Å². The molecule has 0 saturated heterocycles. The maximum Gasteiger partial charge on any atom is 0.261 e. The SMILES string of the molecule is CC(C)c1ccc(C(=O)CCOCC(F)F)cc1. The molecule has 0 saturated carbocycles. The Morgan fingerprint density at radius 2 is 1.83 bits per heavy atom. The fourth-order valence-corrected chi connectivity index (χ4v) is 1.54. The van der Waals surface area contributed by atoms with E-state index in [4.69, 9.17) is 0 Å². The Bertz CT molecular complexity index is 372. The van der Waals surface area contributed by atoms with E-state index in [-0.39, 0.29) is 18.8 Å². The zero-order chi connectivity index (χ0) is 13.5. The number of rotatable bonds is 7. The number of Topliss-reactive ketones (excluding diaryl/α,β-unsaturated/α-hetero) is 1. The van der Waals surface area contributed by atoms with Gasteiger partial charge < -0.3 is 4.74 Å². The Morgan fingerprint density at radius 1 is 1.22 bits per heavy atom. The van der Waals surface area contributed by atoms with E-state index in [0.29, 0.717) is 11.5 Å². The molecule has 0 atom stereocenters. The summed E-state index contributed by atoms with van der Waals surface area (Å²) in [7, 11) is 0. The van der Waals surface area contributed by atoms with E-state index < -0.39 is 13.0 Å². The third-order valence-electron chi connectivity index (χ3n) is 2.62. The Labute approximate surface area is 106 Å². The monoisotopic (exact) mass is 256 g/mol. The molecule has 1 rings (SSSR count). The van der Waals surface area contributed by atoms with Gasteiger partial charge >= 0.3 is 0 Å². The van der Waals surface area contributed by atoms with Crippen LogP contribution in [0.15, 0.2) is 24.3 Å². The van der Waals surface area contributed by atoms with Gasteiger partial charge in [0.15, 0.2) is 5.78 Å². The molecule has 1 aromatic carbocycles. The second-order valence-corrected chi connectivity index (χ2v) is 4.42. The second kappa shape index (κ2) is 7.21. The van der Waals surface area contributed by atoms with Crippen LogP contribution in [0.1, 0.15) is 42.1 Å². The molecule has 0 radical (unpaired) electrons. The minimum absolute atomic E-state index is 0.0368. The van der Waals surface area contributed by atoms with Gasteiger partial charge in [-0.15, -0.1) is 0 Å². The Morgan fingerprint density at radius 3 is 2.33 bits per heavy atom. The highest BCUT2D eigenvalue weighted by Gasteiger charge is 2.08. The van der Waals surface area contributed by atoms with Crippen LogP contribution in [0.2, 0.25) is 0 Å². The quantitative estimate of drug-likeness (QED) is 0.549. The first-order valence-electron chi connectivity index (χ1n) is 5.99. The predicted molar refractivity (Wildman–Crippen MR) is 66.3 cm³/mol. The van der Waals surface area contributed by atoms with Crippen molar-refractivity contribution in [2.45, 2.75) is 32.6 Å². The lowest BCUT2D eigenvalue weighted by atomic mass is 10.00. The number of carbonyl (C=O) groups is 1. The zero-order valence-corrected chi connectivity index (χ0v) is 10.7. The third kappa shape index (κ3) is 4.92. The molecule has 0 fully saturated rings. The number of hydrogen-bond acceptors (Lipinski definition) is 2. The topological polar surface area (TPSA) is 26.3 Å². The molecule has 0 heterocycles. The number of hydrogen-bond donors (Lipinski definition) is 0. The van der Waals surface area contributed by atoms with Crippen LogP contribution in [0.4, 0.5) is 8.78 Å². The minimum Gasteiger partial charge on any atom is -0.375 e. The lowest BCUT2D eigenvalue weighted by Gasteiger charge is -2.06.